The van der Waals surface area contributed by atoms with Crippen molar-refractivity contribution < 1.29 is 31.9 Å². The summed E-state index contributed by atoms with van der Waals surface area (Å²) in [4.78, 5) is 23.4. The highest BCUT2D eigenvalue weighted by Gasteiger charge is 2.36. The topological polar surface area (TPSA) is 80.6 Å². The van der Waals surface area contributed by atoms with Crippen molar-refractivity contribution in [2.45, 2.75) is 25.4 Å². The van der Waals surface area contributed by atoms with Crippen molar-refractivity contribution in [1.29, 1.82) is 0 Å². The molecule has 0 spiro atoms. The molecule has 9 heteroatoms. The highest BCUT2D eigenvalue weighted by Crippen LogP contribution is 2.47. The molecule has 1 saturated carbocycles. The zero-order valence-corrected chi connectivity index (χ0v) is 15.5. The summed E-state index contributed by atoms with van der Waals surface area (Å²) in [5.41, 5.74) is 3.37. The molecule has 2 atom stereocenters. The third kappa shape index (κ3) is 5.87. The number of halogens is 3. The minimum atomic E-state index is -4.51. The quantitative estimate of drug-likeness (QED) is 0.565. The van der Waals surface area contributed by atoms with Gasteiger partial charge in [-0.1, -0.05) is 13.0 Å². The summed E-state index contributed by atoms with van der Waals surface area (Å²) in [7, 11) is 0. The molecule has 3 rings (SSSR count). The van der Waals surface area contributed by atoms with E-state index in [0.717, 1.165) is 24.3 Å². The number of nitrogens with one attached hydrogen (secondary N) is 2. The first kappa shape index (κ1) is 20.5. The molecular weight excluding hydrogens is 389 g/mol. The van der Waals surface area contributed by atoms with Gasteiger partial charge >= 0.3 is 6.18 Å². The molecule has 1 aliphatic carbocycles. The van der Waals surface area contributed by atoms with Gasteiger partial charge in [0.05, 0.1) is 5.56 Å². The molecule has 1 aliphatic rings. The molecule has 1 aromatic heterocycles. The lowest BCUT2D eigenvalue weighted by atomic mass is 10.2. The molecule has 29 heavy (non-hydrogen) atoms. The smallest absolute Gasteiger partial charge is 0.416 e. The summed E-state index contributed by atoms with van der Waals surface area (Å²) in [5.74, 6) is 1.00. The second-order valence-electron chi connectivity index (χ2n) is 6.74. The van der Waals surface area contributed by atoms with Crippen molar-refractivity contribution in [3.05, 3.63) is 59.6 Å². The number of hydrogen-bond acceptors (Lipinski definition) is 4. The monoisotopic (exact) mass is 408 g/mol. The second-order valence-corrected chi connectivity index (χ2v) is 6.74. The molecule has 6 nitrogen and oxygen atoms in total. The Morgan fingerprint density at radius 1 is 1.24 bits per heavy atom. The molecule has 0 radical (unpaired) electrons. The van der Waals surface area contributed by atoms with Gasteiger partial charge in [0.1, 0.15) is 17.3 Å². The van der Waals surface area contributed by atoms with E-state index < -0.39 is 30.2 Å². The van der Waals surface area contributed by atoms with Gasteiger partial charge in [-0.3, -0.25) is 20.4 Å². The van der Waals surface area contributed by atoms with Gasteiger partial charge in [0.2, 0.25) is 0 Å². The van der Waals surface area contributed by atoms with Crippen LogP contribution in [0.25, 0.3) is 6.08 Å². The van der Waals surface area contributed by atoms with Crippen LogP contribution in [0.2, 0.25) is 0 Å². The van der Waals surface area contributed by atoms with E-state index in [1.54, 1.807) is 6.07 Å². The summed E-state index contributed by atoms with van der Waals surface area (Å²) < 4.78 is 48.5. The molecule has 0 aliphatic heterocycles. The third-order valence-corrected chi connectivity index (χ3v) is 4.38. The summed E-state index contributed by atoms with van der Waals surface area (Å²) in [6, 6.07) is 7.78. The highest BCUT2D eigenvalue weighted by molar-refractivity contribution is 5.92. The number of rotatable bonds is 6. The van der Waals surface area contributed by atoms with Gasteiger partial charge in [0, 0.05) is 12.0 Å². The van der Waals surface area contributed by atoms with E-state index in [2.05, 4.69) is 17.8 Å². The van der Waals surface area contributed by atoms with Crippen molar-refractivity contribution in [2.75, 3.05) is 6.61 Å². The van der Waals surface area contributed by atoms with E-state index in [1.807, 2.05) is 6.07 Å². The fourth-order valence-corrected chi connectivity index (χ4v) is 2.65. The number of ether oxygens (including phenoxy) is 1. The number of carbonyl (C=O) groups is 2. The second kappa shape index (κ2) is 8.42. The normalized spacial score (nSPS) is 18.5. The van der Waals surface area contributed by atoms with E-state index in [9.17, 15) is 22.8 Å². The lowest BCUT2D eigenvalue weighted by Crippen LogP contribution is -2.43. The standard InChI is InChI=1S/C20H19F3N2O4/c1-12-9-16(12)17-7-5-14(29-17)6-8-18(26)24-25-19(27)11-28-15-4-2-3-13(10-15)20(21,22)23/h2-8,10,12,16H,9,11H2,1H3,(H,24,26)(H,25,27)/b8-6+. The van der Waals surface area contributed by atoms with E-state index >= 15 is 0 Å². The molecule has 1 fully saturated rings. The van der Waals surface area contributed by atoms with E-state index in [0.29, 0.717) is 17.6 Å². The van der Waals surface area contributed by atoms with Crippen LogP contribution >= 0.6 is 0 Å². The number of alkyl halides is 3. The van der Waals surface area contributed by atoms with Crippen LogP contribution in [0, 0.1) is 5.92 Å². The van der Waals surface area contributed by atoms with E-state index in [-0.39, 0.29) is 5.75 Å². The zero-order valence-electron chi connectivity index (χ0n) is 15.5. The van der Waals surface area contributed by atoms with Crippen molar-refractivity contribution in [3.8, 4) is 5.75 Å². The number of benzene rings is 1. The van der Waals surface area contributed by atoms with Crippen LogP contribution in [0.15, 0.2) is 46.9 Å². The minimum Gasteiger partial charge on any atom is -0.484 e. The van der Waals surface area contributed by atoms with Gasteiger partial charge in [-0.2, -0.15) is 13.2 Å². The molecule has 1 aromatic carbocycles. The molecular formula is C20H19F3N2O4. The van der Waals surface area contributed by atoms with Crippen LogP contribution in [0.4, 0.5) is 13.2 Å². The molecule has 2 N–H and O–H groups in total. The lowest BCUT2D eigenvalue weighted by Gasteiger charge is -2.10. The van der Waals surface area contributed by atoms with Gasteiger partial charge in [-0.15, -0.1) is 0 Å². The average molecular weight is 408 g/mol. The minimum absolute atomic E-state index is 0.111. The SMILES string of the molecule is CC1CC1c1ccc(/C=C/C(=O)NNC(=O)COc2cccc(C(F)(F)F)c2)o1. The number of carbonyl (C=O) groups excluding carboxylic acids is 2. The average Bonchev–Trinajstić information content (AvgIpc) is 3.22. The fraction of sp³-hybridized carbons (Fsp3) is 0.300. The fourth-order valence-electron chi connectivity index (χ4n) is 2.65. The van der Waals surface area contributed by atoms with Crippen molar-refractivity contribution in [3.63, 3.8) is 0 Å². The molecule has 0 saturated heterocycles. The first-order chi connectivity index (χ1) is 13.7. The van der Waals surface area contributed by atoms with Crippen molar-refractivity contribution >= 4 is 17.9 Å². The van der Waals surface area contributed by atoms with Crippen LogP contribution in [0.1, 0.15) is 36.3 Å². The Labute approximate surface area is 164 Å². The summed E-state index contributed by atoms with van der Waals surface area (Å²) >= 11 is 0. The number of hydrazine groups is 1. The summed E-state index contributed by atoms with van der Waals surface area (Å²) in [6.07, 6.45) is -0.761. The highest BCUT2D eigenvalue weighted by atomic mass is 19.4. The molecule has 1 heterocycles. The van der Waals surface area contributed by atoms with Crippen molar-refractivity contribution in [1.82, 2.24) is 10.9 Å². The molecule has 2 aromatic rings. The van der Waals surface area contributed by atoms with Gasteiger partial charge < -0.3 is 9.15 Å². The van der Waals surface area contributed by atoms with Gasteiger partial charge in [-0.05, 0) is 48.7 Å². The van der Waals surface area contributed by atoms with Crippen LogP contribution in [0.5, 0.6) is 5.75 Å². The predicted octanol–water partition coefficient (Wildman–Crippen LogP) is 3.66. The lowest BCUT2D eigenvalue weighted by molar-refractivity contribution is -0.137. The maximum Gasteiger partial charge on any atom is 0.416 e. The Bertz CT molecular complexity index is 920. The van der Waals surface area contributed by atoms with E-state index in [1.165, 1.54) is 24.3 Å². The van der Waals surface area contributed by atoms with E-state index in [4.69, 9.17) is 9.15 Å². The summed E-state index contributed by atoms with van der Waals surface area (Å²) in [6.45, 7) is 1.57. The Morgan fingerprint density at radius 3 is 2.69 bits per heavy atom. The Morgan fingerprint density at radius 2 is 2.00 bits per heavy atom. The largest absolute Gasteiger partial charge is 0.484 e. The van der Waals surface area contributed by atoms with Gasteiger partial charge in [0.25, 0.3) is 11.8 Å². The van der Waals surface area contributed by atoms with Crippen LogP contribution in [-0.2, 0) is 15.8 Å². The van der Waals surface area contributed by atoms with Crippen LogP contribution in [0.3, 0.4) is 0 Å². The molecule has 0 bridgehead atoms. The molecule has 2 amide bonds. The maximum atomic E-state index is 12.6. The van der Waals surface area contributed by atoms with Gasteiger partial charge in [0.15, 0.2) is 6.61 Å². The van der Waals surface area contributed by atoms with Crippen LogP contribution in [-0.4, -0.2) is 18.4 Å². The molecule has 154 valence electrons. The van der Waals surface area contributed by atoms with Gasteiger partial charge in [-0.25, -0.2) is 0 Å². The number of hydrogen-bond donors (Lipinski definition) is 2. The number of amides is 2. The van der Waals surface area contributed by atoms with Crippen molar-refractivity contribution in [2.24, 2.45) is 5.92 Å². The molecule has 2 unspecified atom stereocenters. The van der Waals surface area contributed by atoms with Crippen LogP contribution < -0.4 is 15.6 Å². The Hall–Kier alpha value is -3.23. The zero-order chi connectivity index (χ0) is 21.0. The maximum absolute atomic E-state index is 12.6. The number of furan rings is 1. The predicted molar refractivity (Wildman–Crippen MR) is 97.5 cm³/mol. The first-order valence-corrected chi connectivity index (χ1v) is 8.89. The third-order valence-electron chi connectivity index (χ3n) is 4.38. The summed E-state index contributed by atoms with van der Waals surface area (Å²) in [5, 5.41) is 0. The Kier molecular flexibility index (Phi) is 5.95. The first-order valence-electron chi connectivity index (χ1n) is 8.89. The Balaban J connectivity index is 1.41.